The van der Waals surface area contributed by atoms with Crippen molar-refractivity contribution in [2.75, 3.05) is 19.8 Å². The molecule has 1 N–H and O–H groups in total. The van der Waals surface area contributed by atoms with E-state index in [9.17, 15) is 9.59 Å². The first-order valence-electron chi connectivity index (χ1n) is 7.72. The summed E-state index contributed by atoms with van der Waals surface area (Å²) in [6.07, 6.45) is 1.28. The van der Waals surface area contributed by atoms with E-state index < -0.39 is 12.0 Å². The summed E-state index contributed by atoms with van der Waals surface area (Å²) in [6.45, 7) is 6.71. The smallest absolute Gasteiger partial charge is 0.328 e. The summed E-state index contributed by atoms with van der Waals surface area (Å²) in [6, 6.07) is -0.896. The molecule has 2 heterocycles. The maximum Gasteiger partial charge on any atom is 0.328 e. The summed E-state index contributed by atoms with van der Waals surface area (Å²) < 4.78 is 10.3. The molecule has 0 aliphatic carbocycles. The molecular weight excluding hydrogens is 302 g/mol. The van der Waals surface area contributed by atoms with Gasteiger partial charge in [-0.15, -0.1) is 0 Å². The summed E-state index contributed by atoms with van der Waals surface area (Å²) in [5.41, 5.74) is -0.180. The predicted octanol–water partition coefficient (Wildman–Crippen LogP) is 1.00. The first kappa shape index (κ1) is 17.4. The molecule has 23 heavy (non-hydrogen) atoms. The zero-order chi connectivity index (χ0) is 17.0. The first-order chi connectivity index (χ1) is 10.8. The highest BCUT2D eigenvalue weighted by Gasteiger charge is 2.32. The van der Waals surface area contributed by atoms with Crippen LogP contribution in [0.4, 0.5) is 0 Å². The minimum Gasteiger partial charge on any atom is -0.480 e. The second kappa shape index (κ2) is 7.08. The molecule has 0 aromatic carbocycles. The zero-order valence-corrected chi connectivity index (χ0v) is 13.7. The van der Waals surface area contributed by atoms with Gasteiger partial charge in [0.25, 0.3) is 0 Å². The highest BCUT2D eigenvalue weighted by atomic mass is 16.5. The maximum atomic E-state index is 12.2. The number of amides is 1. The van der Waals surface area contributed by atoms with Crippen LogP contribution in [0.1, 0.15) is 45.3 Å². The molecule has 1 aliphatic rings. The number of aromatic nitrogens is 2. The topological polar surface area (TPSA) is 106 Å². The van der Waals surface area contributed by atoms with Gasteiger partial charge < -0.3 is 19.3 Å². The van der Waals surface area contributed by atoms with E-state index in [2.05, 4.69) is 10.1 Å². The summed E-state index contributed by atoms with van der Waals surface area (Å²) >= 11 is 0. The second-order valence-electron chi connectivity index (χ2n) is 6.63. The molecule has 0 saturated carbocycles. The predicted molar refractivity (Wildman–Crippen MR) is 79.9 cm³/mol. The van der Waals surface area contributed by atoms with Gasteiger partial charge in [-0.2, -0.15) is 4.98 Å². The van der Waals surface area contributed by atoms with Crippen molar-refractivity contribution in [2.45, 2.75) is 51.5 Å². The van der Waals surface area contributed by atoms with Crippen molar-refractivity contribution in [3.63, 3.8) is 0 Å². The van der Waals surface area contributed by atoms with Gasteiger partial charge in [-0.05, 0) is 6.42 Å². The van der Waals surface area contributed by atoms with Crippen LogP contribution in [0.15, 0.2) is 4.52 Å². The molecule has 2 rings (SSSR count). The number of carbonyl (C=O) groups is 2. The van der Waals surface area contributed by atoms with Gasteiger partial charge in [0.1, 0.15) is 0 Å². The number of carbonyl (C=O) groups excluding carboxylic acids is 1. The van der Waals surface area contributed by atoms with Crippen LogP contribution >= 0.6 is 0 Å². The fourth-order valence-corrected chi connectivity index (χ4v) is 2.30. The average Bonchev–Trinajstić information content (AvgIpc) is 2.96. The van der Waals surface area contributed by atoms with Crippen molar-refractivity contribution in [3.05, 3.63) is 11.7 Å². The van der Waals surface area contributed by atoms with E-state index in [0.717, 1.165) is 0 Å². The van der Waals surface area contributed by atoms with Gasteiger partial charge in [0, 0.05) is 24.8 Å². The Bertz CT molecular complexity index is 564. The lowest BCUT2D eigenvalue weighted by atomic mass is 9.96. The monoisotopic (exact) mass is 325 g/mol. The summed E-state index contributed by atoms with van der Waals surface area (Å²) in [7, 11) is 0. The Kier molecular flexibility index (Phi) is 5.35. The molecule has 0 bridgehead atoms. The third-order valence-electron chi connectivity index (χ3n) is 3.65. The molecule has 0 radical (unpaired) electrons. The normalized spacial score (nSPS) is 18.9. The minimum absolute atomic E-state index is 0.0413. The van der Waals surface area contributed by atoms with Gasteiger partial charge in [0.2, 0.25) is 11.8 Å². The van der Waals surface area contributed by atoms with E-state index in [0.29, 0.717) is 37.7 Å². The number of hydrogen-bond donors (Lipinski definition) is 1. The SMILES string of the molecule is CC(C)(C)c1noc(CCCC(=O)N2CCOC[C@H]2C(=O)O)n1. The molecule has 1 aromatic rings. The number of carboxylic acids is 1. The summed E-state index contributed by atoms with van der Waals surface area (Å²) in [5, 5.41) is 13.1. The van der Waals surface area contributed by atoms with E-state index in [1.54, 1.807) is 0 Å². The van der Waals surface area contributed by atoms with Crippen molar-refractivity contribution in [3.8, 4) is 0 Å². The highest BCUT2D eigenvalue weighted by Crippen LogP contribution is 2.19. The van der Waals surface area contributed by atoms with Crippen molar-refractivity contribution < 1.29 is 24.0 Å². The molecule has 1 amide bonds. The molecule has 1 saturated heterocycles. The highest BCUT2D eigenvalue weighted by molar-refractivity contribution is 5.83. The van der Waals surface area contributed by atoms with E-state index in [1.165, 1.54) is 4.90 Å². The van der Waals surface area contributed by atoms with Crippen molar-refractivity contribution in [1.82, 2.24) is 15.0 Å². The van der Waals surface area contributed by atoms with Gasteiger partial charge in [-0.1, -0.05) is 25.9 Å². The standard InChI is InChI=1S/C15H23N3O5/c1-15(2,3)14-16-11(23-17-14)5-4-6-12(19)18-7-8-22-9-10(18)13(20)21/h10H,4-9H2,1-3H3,(H,20,21)/t10-/m0/s1. The lowest BCUT2D eigenvalue weighted by molar-refractivity contribution is -0.158. The van der Waals surface area contributed by atoms with Crippen LogP contribution in [0.5, 0.6) is 0 Å². The Hall–Kier alpha value is -1.96. The molecular formula is C15H23N3O5. The van der Waals surface area contributed by atoms with Crippen LogP contribution in [-0.4, -0.2) is 57.8 Å². The Morgan fingerprint density at radius 1 is 1.39 bits per heavy atom. The Balaban J connectivity index is 1.84. The Labute approximate surface area is 134 Å². The van der Waals surface area contributed by atoms with Crippen molar-refractivity contribution in [2.24, 2.45) is 0 Å². The number of ether oxygens (including phenoxy) is 1. The van der Waals surface area contributed by atoms with Gasteiger partial charge >= 0.3 is 5.97 Å². The van der Waals surface area contributed by atoms with E-state index >= 15 is 0 Å². The second-order valence-corrected chi connectivity index (χ2v) is 6.63. The molecule has 1 atom stereocenters. The third kappa shape index (κ3) is 4.51. The first-order valence-corrected chi connectivity index (χ1v) is 7.72. The third-order valence-corrected chi connectivity index (χ3v) is 3.65. The van der Waals surface area contributed by atoms with Gasteiger partial charge in [0.05, 0.1) is 13.2 Å². The van der Waals surface area contributed by atoms with Gasteiger partial charge in [0.15, 0.2) is 11.9 Å². The number of carboxylic acid groups (broad SMARTS) is 1. The molecule has 8 heteroatoms. The van der Waals surface area contributed by atoms with Crippen molar-refractivity contribution >= 4 is 11.9 Å². The number of nitrogens with zero attached hydrogens (tertiary/aromatic N) is 3. The molecule has 128 valence electrons. The minimum atomic E-state index is -1.04. The lowest BCUT2D eigenvalue weighted by Crippen LogP contribution is -2.52. The fourth-order valence-electron chi connectivity index (χ4n) is 2.30. The molecule has 1 fully saturated rings. The van der Waals surface area contributed by atoms with Crippen LogP contribution in [0.2, 0.25) is 0 Å². The molecule has 1 aromatic heterocycles. The Morgan fingerprint density at radius 3 is 2.74 bits per heavy atom. The number of aliphatic carboxylic acids is 1. The van der Waals surface area contributed by atoms with E-state index in [4.69, 9.17) is 14.4 Å². The van der Waals surface area contributed by atoms with Crippen LogP contribution in [0, 0.1) is 0 Å². The maximum absolute atomic E-state index is 12.2. The van der Waals surface area contributed by atoms with Gasteiger partial charge in [-0.3, -0.25) is 4.79 Å². The Morgan fingerprint density at radius 2 is 2.13 bits per heavy atom. The van der Waals surface area contributed by atoms with Crippen LogP contribution in [0.3, 0.4) is 0 Å². The molecule has 0 unspecified atom stereocenters. The van der Waals surface area contributed by atoms with E-state index in [1.807, 2.05) is 20.8 Å². The fraction of sp³-hybridized carbons (Fsp3) is 0.733. The van der Waals surface area contributed by atoms with E-state index in [-0.39, 0.29) is 24.3 Å². The quantitative estimate of drug-likeness (QED) is 0.860. The zero-order valence-electron chi connectivity index (χ0n) is 13.7. The summed E-state index contributed by atoms with van der Waals surface area (Å²) in [5.74, 6) is -0.0848. The lowest BCUT2D eigenvalue weighted by Gasteiger charge is -2.32. The molecule has 1 aliphatic heterocycles. The number of hydrogen-bond acceptors (Lipinski definition) is 6. The van der Waals surface area contributed by atoms with Gasteiger partial charge in [-0.25, -0.2) is 4.79 Å². The summed E-state index contributed by atoms with van der Waals surface area (Å²) in [4.78, 5) is 29.1. The number of morpholine rings is 1. The van der Waals surface area contributed by atoms with Crippen LogP contribution in [-0.2, 0) is 26.2 Å². The van der Waals surface area contributed by atoms with Crippen LogP contribution in [0.25, 0.3) is 0 Å². The average molecular weight is 325 g/mol. The number of rotatable bonds is 5. The molecule has 8 nitrogen and oxygen atoms in total. The number of aryl methyl sites for hydroxylation is 1. The van der Waals surface area contributed by atoms with Crippen LogP contribution < -0.4 is 0 Å². The molecule has 0 spiro atoms. The van der Waals surface area contributed by atoms with Crippen molar-refractivity contribution in [1.29, 1.82) is 0 Å². The largest absolute Gasteiger partial charge is 0.480 e.